The molecule has 0 fully saturated rings. The van der Waals surface area contributed by atoms with E-state index >= 15 is 0 Å². The molecule has 0 amide bonds. The van der Waals surface area contributed by atoms with Crippen molar-refractivity contribution in [3.63, 3.8) is 0 Å². The van der Waals surface area contributed by atoms with Gasteiger partial charge in [0.05, 0.1) is 5.54 Å². The summed E-state index contributed by atoms with van der Waals surface area (Å²) in [6.45, 7) is 2.77. The van der Waals surface area contributed by atoms with E-state index in [-0.39, 0.29) is 5.70 Å². The fraction of sp³-hybridized carbons (Fsp3) is 0.500. The summed E-state index contributed by atoms with van der Waals surface area (Å²) in [7, 11) is 0. The van der Waals surface area contributed by atoms with Crippen LogP contribution in [0, 0.1) is 11.3 Å². The highest BCUT2D eigenvalue weighted by Crippen LogP contribution is 2.07. The van der Waals surface area contributed by atoms with Crippen LogP contribution in [0.15, 0.2) is 16.8 Å². The Bertz CT molecular complexity index is 235. The highest BCUT2D eigenvalue weighted by Gasteiger charge is 2.13. The van der Waals surface area contributed by atoms with Crippen LogP contribution in [0.5, 0.6) is 0 Å². The molecule has 0 bridgehead atoms. The molecule has 66 valence electrons. The summed E-state index contributed by atoms with van der Waals surface area (Å²) in [5.41, 5.74) is 4.49. The van der Waals surface area contributed by atoms with Gasteiger partial charge in [-0.25, -0.2) is 4.39 Å². The lowest BCUT2D eigenvalue weighted by Crippen LogP contribution is -2.19. The molecule has 0 aromatic heterocycles. The van der Waals surface area contributed by atoms with Crippen molar-refractivity contribution in [1.82, 2.24) is 0 Å². The number of aliphatic imine (C=N–C) groups is 1. The van der Waals surface area contributed by atoms with E-state index in [9.17, 15) is 4.39 Å². The second-order valence-corrected chi connectivity index (χ2v) is 2.96. The second-order valence-electron chi connectivity index (χ2n) is 2.96. The fourth-order valence-corrected chi connectivity index (χ4v) is 0.391. The molecule has 0 heterocycles. The van der Waals surface area contributed by atoms with Crippen molar-refractivity contribution in [3.8, 4) is 6.07 Å². The van der Waals surface area contributed by atoms with Crippen LogP contribution in [0.25, 0.3) is 0 Å². The van der Waals surface area contributed by atoms with E-state index in [2.05, 4.69) is 4.99 Å². The van der Waals surface area contributed by atoms with Gasteiger partial charge in [0.15, 0.2) is 0 Å². The molecular weight excluding hydrogens is 157 g/mol. The molecule has 0 aliphatic heterocycles. The fourth-order valence-electron chi connectivity index (χ4n) is 0.391. The summed E-state index contributed by atoms with van der Waals surface area (Å²) in [6.07, 6.45) is 2.69. The van der Waals surface area contributed by atoms with Gasteiger partial charge in [-0.05, 0) is 19.9 Å². The van der Waals surface area contributed by atoms with Crippen molar-refractivity contribution < 1.29 is 4.39 Å². The minimum atomic E-state index is -0.730. The Labute approximate surface area is 71.4 Å². The summed E-state index contributed by atoms with van der Waals surface area (Å²) >= 11 is 0. The van der Waals surface area contributed by atoms with Crippen molar-refractivity contribution in [3.05, 3.63) is 11.8 Å². The molecule has 0 rings (SSSR count). The van der Waals surface area contributed by atoms with Crippen molar-refractivity contribution in [2.45, 2.75) is 19.4 Å². The maximum Gasteiger partial charge on any atom is 0.117 e. The Balaban J connectivity index is 4.19. The van der Waals surface area contributed by atoms with Gasteiger partial charge in [-0.3, -0.25) is 4.99 Å². The van der Waals surface area contributed by atoms with E-state index < -0.39 is 12.2 Å². The van der Waals surface area contributed by atoms with E-state index in [0.717, 1.165) is 0 Å². The normalized spacial score (nSPS) is 13.3. The Morgan fingerprint density at radius 3 is 2.75 bits per heavy atom. The van der Waals surface area contributed by atoms with Crippen LogP contribution in [0.2, 0.25) is 0 Å². The Kier molecular flexibility index (Phi) is 3.98. The van der Waals surface area contributed by atoms with Crippen LogP contribution in [0.3, 0.4) is 0 Å². The lowest BCUT2D eigenvalue weighted by Gasteiger charge is -2.12. The van der Waals surface area contributed by atoms with E-state index in [1.54, 1.807) is 19.9 Å². The molecule has 12 heavy (non-hydrogen) atoms. The molecule has 3 nitrogen and oxygen atoms in total. The molecule has 0 aliphatic rings. The van der Waals surface area contributed by atoms with Crippen LogP contribution in [-0.2, 0) is 0 Å². The molecular formula is C8H12FN3. The average molecular weight is 169 g/mol. The summed E-state index contributed by atoms with van der Waals surface area (Å²) in [4.78, 5) is 3.86. The van der Waals surface area contributed by atoms with Gasteiger partial charge in [0.2, 0.25) is 0 Å². The Hall–Kier alpha value is -1.37. The van der Waals surface area contributed by atoms with Crippen molar-refractivity contribution in [2.75, 3.05) is 6.67 Å². The van der Waals surface area contributed by atoms with Gasteiger partial charge in [-0.1, -0.05) is 0 Å². The Morgan fingerprint density at radius 2 is 2.33 bits per heavy atom. The largest absolute Gasteiger partial charge is 0.390 e. The summed E-state index contributed by atoms with van der Waals surface area (Å²) in [5, 5.41) is 8.24. The van der Waals surface area contributed by atoms with Gasteiger partial charge < -0.3 is 5.73 Å². The summed E-state index contributed by atoms with van der Waals surface area (Å²) in [5.74, 6) is 0. The van der Waals surface area contributed by atoms with Crippen molar-refractivity contribution >= 4 is 6.21 Å². The number of hydrogen-bond donors (Lipinski definition) is 1. The van der Waals surface area contributed by atoms with Crippen LogP contribution < -0.4 is 5.73 Å². The van der Waals surface area contributed by atoms with Gasteiger partial charge in [-0.15, -0.1) is 0 Å². The SMILES string of the molecule is CC(C)(CF)N=C/C=C(\N)C#N. The van der Waals surface area contributed by atoms with E-state index in [1.165, 1.54) is 12.3 Å². The minimum Gasteiger partial charge on any atom is -0.390 e. The van der Waals surface area contributed by atoms with Crippen LogP contribution in [0.1, 0.15) is 13.8 Å². The zero-order valence-corrected chi connectivity index (χ0v) is 7.21. The number of hydrogen-bond acceptors (Lipinski definition) is 3. The third-order valence-electron chi connectivity index (χ3n) is 1.13. The predicted molar refractivity (Wildman–Crippen MR) is 46.4 cm³/mol. The average Bonchev–Trinajstić information content (AvgIpc) is 2.04. The monoisotopic (exact) mass is 169 g/mol. The molecule has 0 radical (unpaired) electrons. The first-order chi connectivity index (χ1) is 5.52. The maximum atomic E-state index is 12.1. The molecule has 0 saturated heterocycles. The zero-order valence-electron chi connectivity index (χ0n) is 7.21. The topological polar surface area (TPSA) is 62.2 Å². The number of halogens is 1. The first kappa shape index (κ1) is 10.6. The zero-order chi connectivity index (χ0) is 9.61. The molecule has 0 saturated carbocycles. The van der Waals surface area contributed by atoms with Crippen molar-refractivity contribution in [2.24, 2.45) is 10.7 Å². The molecule has 0 atom stereocenters. The first-order valence-electron chi connectivity index (χ1n) is 3.49. The Morgan fingerprint density at radius 1 is 1.75 bits per heavy atom. The van der Waals surface area contributed by atoms with Crippen LogP contribution in [0.4, 0.5) is 4.39 Å². The molecule has 0 aromatic rings. The molecule has 4 heteroatoms. The number of alkyl halides is 1. The van der Waals surface area contributed by atoms with E-state index in [1.807, 2.05) is 0 Å². The maximum absolute atomic E-state index is 12.1. The molecule has 0 unspecified atom stereocenters. The van der Waals surface area contributed by atoms with Crippen LogP contribution in [-0.4, -0.2) is 18.4 Å². The molecule has 0 aliphatic carbocycles. The van der Waals surface area contributed by atoms with E-state index in [4.69, 9.17) is 11.0 Å². The summed E-state index contributed by atoms with van der Waals surface area (Å²) in [6, 6.07) is 1.72. The van der Waals surface area contributed by atoms with Gasteiger partial charge in [-0.2, -0.15) is 5.26 Å². The number of nitrogens with two attached hydrogens (primary N) is 1. The van der Waals surface area contributed by atoms with Gasteiger partial charge in [0.25, 0.3) is 0 Å². The lowest BCUT2D eigenvalue weighted by atomic mass is 10.1. The van der Waals surface area contributed by atoms with E-state index in [0.29, 0.717) is 0 Å². The first-order valence-corrected chi connectivity index (χ1v) is 3.49. The second kappa shape index (κ2) is 4.50. The summed E-state index contributed by atoms with van der Waals surface area (Å²) < 4.78 is 12.1. The number of rotatable bonds is 3. The lowest BCUT2D eigenvalue weighted by molar-refractivity contribution is 0.356. The van der Waals surface area contributed by atoms with Crippen LogP contribution >= 0.6 is 0 Å². The predicted octanol–water partition coefficient (Wildman–Crippen LogP) is 1.17. The van der Waals surface area contributed by atoms with Gasteiger partial charge >= 0.3 is 0 Å². The van der Waals surface area contributed by atoms with Crippen molar-refractivity contribution in [1.29, 1.82) is 5.26 Å². The molecule has 2 N–H and O–H groups in total. The number of nitrogens with zero attached hydrogens (tertiary/aromatic N) is 2. The number of allylic oxidation sites excluding steroid dienone is 2. The number of nitriles is 1. The standard InChI is InChI=1S/C8H12FN3/c1-8(2,6-9)12-4-3-7(11)5-10/h3-4H,6,11H2,1-2H3/b7-3-,12-4?. The van der Waals surface area contributed by atoms with Gasteiger partial charge in [0, 0.05) is 6.21 Å². The molecule has 0 aromatic carbocycles. The highest BCUT2D eigenvalue weighted by molar-refractivity contribution is 5.73. The van der Waals surface area contributed by atoms with Gasteiger partial charge in [0.1, 0.15) is 18.4 Å². The minimum absolute atomic E-state index is 0.0633. The third kappa shape index (κ3) is 4.45. The highest BCUT2D eigenvalue weighted by atomic mass is 19.1. The smallest absolute Gasteiger partial charge is 0.117 e. The quantitative estimate of drug-likeness (QED) is 0.509. The third-order valence-corrected chi connectivity index (χ3v) is 1.13. The molecule has 0 spiro atoms.